The van der Waals surface area contributed by atoms with Crippen molar-refractivity contribution < 1.29 is 22.6 Å². The van der Waals surface area contributed by atoms with E-state index in [0.717, 1.165) is 11.1 Å². The van der Waals surface area contributed by atoms with Crippen molar-refractivity contribution in [3.8, 4) is 0 Å². The van der Waals surface area contributed by atoms with Gasteiger partial charge in [0.05, 0.1) is 10.6 Å². The van der Waals surface area contributed by atoms with E-state index in [0.29, 0.717) is 29.0 Å². The van der Waals surface area contributed by atoms with Crippen LogP contribution >= 0.6 is 0 Å². The van der Waals surface area contributed by atoms with E-state index >= 15 is 0 Å². The zero-order valence-electron chi connectivity index (χ0n) is 18.5. The first-order chi connectivity index (χ1) is 15.7. The van der Waals surface area contributed by atoms with Gasteiger partial charge in [0.2, 0.25) is 13.0 Å². The molecule has 33 heavy (non-hydrogen) atoms. The molecule has 0 aliphatic heterocycles. The Morgan fingerprint density at radius 1 is 1.00 bits per heavy atom. The van der Waals surface area contributed by atoms with Gasteiger partial charge in [-0.05, 0) is 68.3 Å². The number of rotatable bonds is 9. The molecule has 0 unspecified atom stereocenters. The molecule has 1 heterocycles. The maximum Gasteiger partial charge on any atom is 0.290 e. The molecule has 4 N–H and O–H groups in total. The molecule has 0 saturated carbocycles. The number of nitrogens with zero attached hydrogens (tertiary/aromatic N) is 1. The highest BCUT2D eigenvalue weighted by molar-refractivity contribution is 7.92. The largest absolute Gasteiger partial charge is 0.320 e. The number of anilines is 3. The zero-order chi connectivity index (χ0) is 24.0. The molecule has 2 aromatic carbocycles. The van der Waals surface area contributed by atoms with Crippen LogP contribution < -0.4 is 25.5 Å². The fourth-order valence-corrected chi connectivity index (χ4v) is 4.66. The molecule has 0 aliphatic carbocycles. The molecule has 10 heteroatoms. The summed E-state index contributed by atoms with van der Waals surface area (Å²) in [5.74, 6) is -0.258. The van der Waals surface area contributed by atoms with E-state index in [1.165, 1.54) is 6.07 Å². The highest BCUT2D eigenvalue weighted by Gasteiger charge is 2.21. The monoisotopic (exact) mass is 468 g/mol. The molecule has 172 valence electrons. The summed E-state index contributed by atoms with van der Waals surface area (Å²) in [6.45, 7) is 5.52. The average molecular weight is 469 g/mol. The van der Waals surface area contributed by atoms with E-state index < -0.39 is 10.0 Å². The van der Waals surface area contributed by atoms with Crippen LogP contribution in [0, 0.1) is 20.8 Å². The number of carbonyl (C=O) groups is 2. The number of pyridine rings is 1. The van der Waals surface area contributed by atoms with Gasteiger partial charge in [-0.1, -0.05) is 6.07 Å². The fourth-order valence-electron chi connectivity index (χ4n) is 3.35. The summed E-state index contributed by atoms with van der Waals surface area (Å²) >= 11 is 0. The van der Waals surface area contributed by atoms with Crippen molar-refractivity contribution in [3.63, 3.8) is 0 Å². The third-order valence-electron chi connectivity index (χ3n) is 4.92. The molecule has 1 aromatic heterocycles. The van der Waals surface area contributed by atoms with Gasteiger partial charge in [-0.2, -0.15) is 4.57 Å². The lowest BCUT2D eigenvalue weighted by molar-refractivity contribution is -0.684. The van der Waals surface area contributed by atoms with Gasteiger partial charge in [-0.15, -0.1) is 0 Å². The molecule has 0 atom stereocenters. The Hall–Kier alpha value is -3.92. The first-order valence-corrected chi connectivity index (χ1v) is 11.6. The number of hydrogen-bond donors (Lipinski definition) is 4. The maximum atomic E-state index is 13.1. The number of sulfonamides is 1. The van der Waals surface area contributed by atoms with Gasteiger partial charge >= 0.3 is 0 Å². The quantitative estimate of drug-likeness (QED) is 0.218. The van der Waals surface area contributed by atoms with Crippen LogP contribution in [0.1, 0.15) is 16.7 Å². The second-order valence-corrected chi connectivity index (χ2v) is 9.20. The zero-order valence-corrected chi connectivity index (χ0v) is 19.4. The van der Waals surface area contributed by atoms with Crippen LogP contribution in [-0.4, -0.2) is 20.7 Å². The second-order valence-electron chi connectivity index (χ2n) is 7.55. The van der Waals surface area contributed by atoms with Gasteiger partial charge in [-0.3, -0.25) is 25.2 Å². The van der Waals surface area contributed by atoms with Crippen LogP contribution in [0.25, 0.3) is 0 Å². The Labute approximate surface area is 192 Å². The number of nitrogens with one attached hydrogen (secondary N) is 4. The van der Waals surface area contributed by atoms with Crippen molar-refractivity contribution >= 4 is 39.4 Å². The first kappa shape index (κ1) is 23.7. The van der Waals surface area contributed by atoms with E-state index in [4.69, 9.17) is 0 Å². The molecule has 0 saturated heterocycles. The normalized spacial score (nSPS) is 10.9. The van der Waals surface area contributed by atoms with Crippen molar-refractivity contribution in [2.24, 2.45) is 0 Å². The minimum atomic E-state index is -3.91. The van der Waals surface area contributed by atoms with E-state index in [1.54, 1.807) is 48.0 Å². The van der Waals surface area contributed by atoms with Gasteiger partial charge < -0.3 is 5.32 Å². The van der Waals surface area contributed by atoms with E-state index in [2.05, 4.69) is 20.9 Å². The fraction of sp³-hybridized carbons (Fsp3) is 0.174. The summed E-state index contributed by atoms with van der Waals surface area (Å²) in [4.78, 5) is 23.0. The number of aryl methyl sites for hydroxylation is 2. The summed E-state index contributed by atoms with van der Waals surface area (Å²) in [6.07, 6.45) is 4.15. The van der Waals surface area contributed by atoms with Gasteiger partial charge in [0.25, 0.3) is 15.9 Å². The van der Waals surface area contributed by atoms with Crippen molar-refractivity contribution in [1.29, 1.82) is 0 Å². The predicted molar refractivity (Wildman–Crippen MR) is 126 cm³/mol. The summed E-state index contributed by atoms with van der Waals surface area (Å²) in [7, 11) is -3.91. The Bertz CT molecular complexity index is 1270. The van der Waals surface area contributed by atoms with Crippen molar-refractivity contribution in [1.82, 2.24) is 5.43 Å². The van der Waals surface area contributed by atoms with Crippen LogP contribution in [0.15, 0.2) is 65.8 Å². The topological polar surface area (TPSA) is 120 Å². The third-order valence-corrected chi connectivity index (χ3v) is 6.45. The Kier molecular flexibility index (Phi) is 7.29. The van der Waals surface area contributed by atoms with Crippen molar-refractivity contribution in [2.75, 3.05) is 15.5 Å². The number of amides is 2. The number of carbonyl (C=O) groups excluding carboxylic acids is 2. The smallest absolute Gasteiger partial charge is 0.290 e. The van der Waals surface area contributed by atoms with E-state index in [9.17, 15) is 18.0 Å². The lowest BCUT2D eigenvalue weighted by Crippen LogP contribution is -2.40. The lowest BCUT2D eigenvalue weighted by Gasteiger charge is -2.16. The molecule has 3 rings (SSSR count). The van der Waals surface area contributed by atoms with Gasteiger partial charge in [0.15, 0.2) is 12.4 Å². The van der Waals surface area contributed by atoms with Crippen LogP contribution in [0.2, 0.25) is 0 Å². The maximum absolute atomic E-state index is 13.1. The molecule has 0 aliphatic rings. The van der Waals surface area contributed by atoms with Gasteiger partial charge in [-0.25, -0.2) is 8.42 Å². The SMILES string of the molecule is Cc1ccc[n+](CC(=O)Nc2c(C)ccc(S(=O)(=O)Nc3ccc(NNC=O)cc3)c2C)c1. The number of hydrazine groups is 1. The first-order valence-electron chi connectivity index (χ1n) is 10.1. The number of benzene rings is 2. The Morgan fingerprint density at radius 2 is 1.70 bits per heavy atom. The number of aromatic nitrogens is 1. The summed E-state index contributed by atoms with van der Waals surface area (Å²) in [5.41, 5.74) is 8.59. The molecular formula is C23H26N5O4S+. The number of hydrogen-bond acceptors (Lipinski definition) is 5. The predicted octanol–water partition coefficient (Wildman–Crippen LogP) is 2.41. The molecule has 3 aromatic rings. The second kappa shape index (κ2) is 10.1. The Morgan fingerprint density at radius 3 is 2.36 bits per heavy atom. The van der Waals surface area contributed by atoms with Crippen LogP contribution in [0.3, 0.4) is 0 Å². The third kappa shape index (κ3) is 6.07. The highest BCUT2D eigenvalue weighted by atomic mass is 32.2. The van der Waals surface area contributed by atoms with Crippen LogP contribution in [0.5, 0.6) is 0 Å². The average Bonchev–Trinajstić information content (AvgIpc) is 2.75. The highest BCUT2D eigenvalue weighted by Crippen LogP contribution is 2.28. The van der Waals surface area contributed by atoms with Crippen LogP contribution in [0.4, 0.5) is 17.1 Å². The standard InChI is InChI=1S/C23H25N5O4S/c1-16-5-4-12-28(13-16)14-22(30)25-23-17(2)6-11-21(18(23)3)33(31,32)27-20-9-7-19(8-10-20)26-24-15-29/h4-13,15,26-27H,14H2,1-3H3,(H-,24,25,29,30)/p+1. The van der Waals surface area contributed by atoms with Crippen LogP contribution in [-0.2, 0) is 26.2 Å². The van der Waals surface area contributed by atoms with Gasteiger partial charge in [0.1, 0.15) is 0 Å². The molecule has 0 spiro atoms. The van der Waals surface area contributed by atoms with Crippen molar-refractivity contribution in [3.05, 3.63) is 77.6 Å². The molecule has 2 amide bonds. The summed E-state index contributed by atoms with van der Waals surface area (Å²) in [5, 5.41) is 2.85. The van der Waals surface area contributed by atoms with Crippen molar-refractivity contribution in [2.45, 2.75) is 32.2 Å². The molecular weight excluding hydrogens is 442 g/mol. The lowest BCUT2D eigenvalue weighted by atomic mass is 10.1. The summed E-state index contributed by atoms with van der Waals surface area (Å²) < 4.78 is 30.4. The Balaban J connectivity index is 1.80. The molecule has 0 radical (unpaired) electrons. The van der Waals surface area contributed by atoms with E-state index in [1.807, 2.05) is 32.2 Å². The minimum Gasteiger partial charge on any atom is -0.320 e. The minimum absolute atomic E-state index is 0.0661. The molecule has 0 fully saturated rings. The van der Waals surface area contributed by atoms with Gasteiger partial charge in [0, 0.05) is 23.0 Å². The molecule has 9 nitrogen and oxygen atoms in total. The summed E-state index contributed by atoms with van der Waals surface area (Å²) in [6, 6.07) is 13.3. The molecule has 0 bridgehead atoms. The van der Waals surface area contributed by atoms with E-state index in [-0.39, 0.29) is 17.3 Å².